The van der Waals surface area contributed by atoms with Gasteiger partial charge in [-0.1, -0.05) is 74.5 Å². The van der Waals surface area contributed by atoms with Gasteiger partial charge in [0, 0.05) is 24.6 Å². The normalized spacial score (nSPS) is 26.6. The summed E-state index contributed by atoms with van der Waals surface area (Å²) in [4.78, 5) is 42.8. The third-order valence-corrected chi connectivity index (χ3v) is 8.25. The summed E-state index contributed by atoms with van der Waals surface area (Å²) >= 11 is 0. The van der Waals surface area contributed by atoms with Crippen LogP contribution in [0.3, 0.4) is 0 Å². The summed E-state index contributed by atoms with van der Waals surface area (Å²) in [6.45, 7) is 4.87. The highest BCUT2D eigenvalue weighted by Crippen LogP contribution is 2.56. The van der Waals surface area contributed by atoms with Crippen molar-refractivity contribution in [2.75, 3.05) is 7.11 Å². The van der Waals surface area contributed by atoms with Crippen LogP contribution in [0, 0.1) is 23.2 Å². The number of fused-ring (bicyclic) bond motifs is 1. The summed E-state index contributed by atoms with van der Waals surface area (Å²) in [5.41, 5.74) is 1.47. The molecule has 5 rings (SSSR count). The van der Waals surface area contributed by atoms with E-state index in [2.05, 4.69) is 19.2 Å². The molecule has 3 aliphatic rings. The molecule has 0 aromatic heterocycles. The van der Waals surface area contributed by atoms with Gasteiger partial charge in [0.1, 0.15) is 5.41 Å². The van der Waals surface area contributed by atoms with Gasteiger partial charge < -0.3 is 19.7 Å². The Bertz CT molecular complexity index is 1220. The van der Waals surface area contributed by atoms with E-state index in [-0.39, 0.29) is 42.6 Å². The lowest BCUT2D eigenvalue weighted by Gasteiger charge is -2.53. The Morgan fingerprint density at radius 1 is 1.05 bits per heavy atom. The highest BCUT2D eigenvalue weighted by Gasteiger charge is 2.63. The Labute approximate surface area is 230 Å². The molecule has 0 unspecified atom stereocenters. The predicted octanol–water partition coefficient (Wildman–Crippen LogP) is 4.62. The number of ether oxygens (including phenoxy) is 2. The second-order valence-corrected chi connectivity index (χ2v) is 11.4. The van der Waals surface area contributed by atoms with Crippen LogP contribution in [0.4, 0.5) is 0 Å². The van der Waals surface area contributed by atoms with Crippen molar-refractivity contribution < 1.29 is 23.9 Å². The van der Waals surface area contributed by atoms with Crippen LogP contribution in [0.25, 0.3) is 0 Å². The van der Waals surface area contributed by atoms with Crippen LogP contribution >= 0.6 is 0 Å². The van der Waals surface area contributed by atoms with E-state index in [9.17, 15) is 14.4 Å². The Morgan fingerprint density at radius 2 is 1.69 bits per heavy atom. The Balaban J connectivity index is 1.51. The van der Waals surface area contributed by atoms with Crippen molar-refractivity contribution >= 4 is 17.8 Å². The molecular weight excluding hydrogens is 492 g/mol. The van der Waals surface area contributed by atoms with Gasteiger partial charge in [-0.05, 0) is 48.3 Å². The number of nitrogens with zero attached hydrogens (tertiary/aromatic N) is 1. The number of esters is 1. The number of likely N-dealkylation sites (tertiary alicyclic amines) is 1. The van der Waals surface area contributed by atoms with E-state index in [1.165, 1.54) is 7.11 Å². The fourth-order valence-electron chi connectivity index (χ4n) is 6.07. The van der Waals surface area contributed by atoms with E-state index >= 15 is 0 Å². The van der Waals surface area contributed by atoms with Crippen molar-refractivity contribution in [2.45, 2.75) is 64.8 Å². The molecule has 1 saturated heterocycles. The van der Waals surface area contributed by atoms with Crippen LogP contribution in [-0.2, 0) is 36.9 Å². The first-order chi connectivity index (χ1) is 18.8. The molecule has 4 atom stereocenters. The maximum atomic E-state index is 14.1. The molecular formula is C32H38N2O5. The molecule has 2 heterocycles. The molecule has 1 N–H and O–H groups in total. The first kappa shape index (κ1) is 27.1. The van der Waals surface area contributed by atoms with Crippen molar-refractivity contribution in [3.8, 4) is 0 Å². The van der Waals surface area contributed by atoms with Crippen LogP contribution in [0.5, 0.6) is 0 Å². The first-order valence-corrected chi connectivity index (χ1v) is 14.0. The molecule has 2 aliphatic heterocycles. The molecule has 2 fully saturated rings. The molecule has 0 radical (unpaired) electrons. The molecule has 0 spiro atoms. The summed E-state index contributed by atoms with van der Waals surface area (Å²) in [5.74, 6) is -1.05. The lowest BCUT2D eigenvalue weighted by atomic mass is 9.64. The van der Waals surface area contributed by atoms with Crippen molar-refractivity contribution in [2.24, 2.45) is 23.2 Å². The number of hydrogen-bond acceptors (Lipinski definition) is 5. The number of amides is 2. The number of benzene rings is 2. The van der Waals surface area contributed by atoms with Gasteiger partial charge in [-0.2, -0.15) is 0 Å². The monoisotopic (exact) mass is 530 g/mol. The van der Waals surface area contributed by atoms with Crippen molar-refractivity contribution in [3.05, 3.63) is 83.6 Å². The van der Waals surface area contributed by atoms with E-state index < -0.39 is 23.4 Å². The molecule has 206 valence electrons. The summed E-state index contributed by atoms with van der Waals surface area (Å²) in [5, 5.41) is 2.96. The molecule has 39 heavy (non-hydrogen) atoms. The zero-order chi connectivity index (χ0) is 27.6. The van der Waals surface area contributed by atoms with Crippen LogP contribution in [-0.4, -0.2) is 42.0 Å². The average molecular weight is 531 g/mol. The summed E-state index contributed by atoms with van der Waals surface area (Å²) in [6.07, 6.45) is 3.47. The Morgan fingerprint density at radius 3 is 2.28 bits per heavy atom. The van der Waals surface area contributed by atoms with Crippen LogP contribution in [0.15, 0.2) is 72.4 Å². The fraction of sp³-hybridized carbons (Fsp3) is 0.469. The van der Waals surface area contributed by atoms with Gasteiger partial charge >= 0.3 is 5.97 Å². The second kappa shape index (κ2) is 11.3. The quantitative estimate of drug-likeness (QED) is 0.479. The SMILES string of the molecule is COC(=O)[C@]12C[C@H](CC(=O)NCc3ccccc3)C(=O)N(Cc3ccccc3)C1=C[C@H](C(C)C)O[C@@H]2C1CC1. The third-order valence-electron chi connectivity index (χ3n) is 8.25. The van der Waals surface area contributed by atoms with Gasteiger partial charge in [-0.15, -0.1) is 0 Å². The lowest BCUT2D eigenvalue weighted by molar-refractivity contribution is -0.182. The van der Waals surface area contributed by atoms with Gasteiger partial charge in [0.25, 0.3) is 0 Å². The fourth-order valence-corrected chi connectivity index (χ4v) is 6.07. The highest BCUT2D eigenvalue weighted by atomic mass is 16.5. The molecule has 7 nitrogen and oxygen atoms in total. The molecule has 0 bridgehead atoms. The van der Waals surface area contributed by atoms with Crippen molar-refractivity contribution in [3.63, 3.8) is 0 Å². The number of carbonyl (C=O) groups is 3. The molecule has 2 aromatic carbocycles. The van der Waals surface area contributed by atoms with Crippen LogP contribution < -0.4 is 5.32 Å². The summed E-state index contributed by atoms with van der Waals surface area (Å²) < 4.78 is 12.1. The minimum Gasteiger partial charge on any atom is -0.468 e. The van der Waals surface area contributed by atoms with Crippen LogP contribution in [0.2, 0.25) is 0 Å². The van der Waals surface area contributed by atoms with Gasteiger partial charge in [0.15, 0.2) is 0 Å². The van der Waals surface area contributed by atoms with E-state index in [0.29, 0.717) is 18.8 Å². The zero-order valence-electron chi connectivity index (χ0n) is 23.0. The standard InChI is InChI=1S/C32H38N2O5/c1-21(2)26-17-27-32(31(37)38-3,29(39-26)24-14-15-24)18-25(16-28(35)33-19-22-10-6-4-7-11-22)30(36)34(27)20-23-12-8-5-9-13-23/h4-13,17,21,24-26,29H,14-16,18-20H2,1-3H3,(H,33,35)/t25-,26+,29+,32+/m0/s1. The maximum Gasteiger partial charge on any atom is 0.320 e. The van der Waals surface area contributed by atoms with Crippen molar-refractivity contribution in [1.29, 1.82) is 0 Å². The topological polar surface area (TPSA) is 84.9 Å². The molecule has 2 aromatic rings. The number of piperidine rings is 1. The molecule has 2 amide bonds. The maximum absolute atomic E-state index is 14.1. The number of carbonyl (C=O) groups excluding carboxylic acids is 3. The third kappa shape index (κ3) is 5.50. The molecule has 7 heteroatoms. The van der Waals surface area contributed by atoms with Gasteiger partial charge in [-0.3, -0.25) is 14.4 Å². The average Bonchev–Trinajstić information content (AvgIpc) is 3.79. The smallest absolute Gasteiger partial charge is 0.320 e. The summed E-state index contributed by atoms with van der Waals surface area (Å²) in [6, 6.07) is 19.4. The van der Waals surface area contributed by atoms with Gasteiger partial charge in [0.05, 0.1) is 25.9 Å². The van der Waals surface area contributed by atoms with E-state index in [0.717, 1.165) is 24.0 Å². The Hall–Kier alpha value is -3.45. The predicted molar refractivity (Wildman–Crippen MR) is 147 cm³/mol. The minimum absolute atomic E-state index is 0.00598. The first-order valence-electron chi connectivity index (χ1n) is 14.0. The van der Waals surface area contributed by atoms with E-state index in [4.69, 9.17) is 9.47 Å². The van der Waals surface area contributed by atoms with Crippen molar-refractivity contribution in [1.82, 2.24) is 10.2 Å². The summed E-state index contributed by atoms with van der Waals surface area (Å²) in [7, 11) is 1.40. The number of hydrogen-bond donors (Lipinski definition) is 1. The molecule has 1 saturated carbocycles. The Kier molecular flexibility index (Phi) is 7.89. The zero-order valence-corrected chi connectivity index (χ0v) is 23.0. The van der Waals surface area contributed by atoms with Gasteiger partial charge in [-0.25, -0.2) is 0 Å². The van der Waals surface area contributed by atoms with E-state index in [1.54, 1.807) is 4.90 Å². The van der Waals surface area contributed by atoms with E-state index in [1.807, 2.05) is 66.7 Å². The van der Waals surface area contributed by atoms with Crippen LogP contribution in [0.1, 0.15) is 50.7 Å². The highest BCUT2D eigenvalue weighted by molar-refractivity contribution is 5.92. The largest absolute Gasteiger partial charge is 0.468 e. The second-order valence-electron chi connectivity index (χ2n) is 11.4. The number of nitrogens with one attached hydrogen (secondary N) is 1. The van der Waals surface area contributed by atoms with Gasteiger partial charge in [0.2, 0.25) is 11.8 Å². The number of methoxy groups -OCH3 is 1. The number of rotatable bonds is 9. The lowest BCUT2D eigenvalue weighted by Crippen LogP contribution is -2.61. The minimum atomic E-state index is -1.14. The molecule has 1 aliphatic carbocycles.